The standard InChI is InChI=1S/C20H24F2N2O2/c1-15-5-3-4-6-17(15)13-24(2)14-19(25)23-12-11-16-7-9-18(10-8-16)26-20(21)22/h3-10,20H,11-14H2,1-2H3,(H,23,25)/p+1. The van der Waals surface area contributed by atoms with Gasteiger partial charge in [-0.05, 0) is 36.6 Å². The maximum absolute atomic E-state index is 12.1. The Bertz CT molecular complexity index is 705. The van der Waals surface area contributed by atoms with E-state index in [0.717, 1.165) is 17.0 Å². The topological polar surface area (TPSA) is 42.8 Å². The van der Waals surface area contributed by atoms with Crippen LogP contribution < -0.4 is 15.0 Å². The monoisotopic (exact) mass is 363 g/mol. The summed E-state index contributed by atoms with van der Waals surface area (Å²) in [6.07, 6.45) is 0.636. The maximum Gasteiger partial charge on any atom is 0.387 e. The molecule has 1 unspecified atom stereocenters. The lowest BCUT2D eigenvalue weighted by Gasteiger charge is -2.15. The van der Waals surface area contributed by atoms with Gasteiger partial charge in [0.2, 0.25) is 0 Å². The summed E-state index contributed by atoms with van der Waals surface area (Å²) in [7, 11) is 1.99. The second-order valence-electron chi connectivity index (χ2n) is 6.36. The molecule has 0 aromatic heterocycles. The lowest BCUT2D eigenvalue weighted by Crippen LogP contribution is -3.09. The number of hydrogen-bond acceptors (Lipinski definition) is 2. The van der Waals surface area contributed by atoms with E-state index in [1.165, 1.54) is 23.3 Å². The fourth-order valence-corrected chi connectivity index (χ4v) is 2.72. The van der Waals surface area contributed by atoms with Crippen LogP contribution in [0.3, 0.4) is 0 Å². The summed E-state index contributed by atoms with van der Waals surface area (Å²) < 4.78 is 28.5. The Kier molecular flexibility index (Phi) is 7.53. The van der Waals surface area contributed by atoms with Crippen molar-refractivity contribution in [3.63, 3.8) is 0 Å². The highest BCUT2D eigenvalue weighted by molar-refractivity contribution is 5.76. The molecule has 0 radical (unpaired) electrons. The molecule has 1 amide bonds. The molecule has 0 aliphatic heterocycles. The molecule has 2 aromatic carbocycles. The first-order valence-electron chi connectivity index (χ1n) is 8.60. The highest BCUT2D eigenvalue weighted by Gasteiger charge is 2.11. The van der Waals surface area contributed by atoms with Crippen molar-refractivity contribution in [2.75, 3.05) is 20.1 Å². The average Bonchev–Trinajstić information content (AvgIpc) is 2.58. The highest BCUT2D eigenvalue weighted by Crippen LogP contribution is 2.14. The number of rotatable bonds is 9. The van der Waals surface area contributed by atoms with Gasteiger partial charge in [0.1, 0.15) is 12.3 Å². The number of nitrogens with one attached hydrogen (secondary N) is 2. The molecule has 0 saturated carbocycles. The second kappa shape index (κ2) is 9.87. The van der Waals surface area contributed by atoms with Gasteiger partial charge in [0, 0.05) is 12.1 Å². The first kappa shape index (κ1) is 19.8. The third-order valence-corrected chi connectivity index (χ3v) is 4.10. The van der Waals surface area contributed by atoms with Gasteiger partial charge in [-0.3, -0.25) is 4.79 Å². The fourth-order valence-electron chi connectivity index (χ4n) is 2.72. The van der Waals surface area contributed by atoms with Crippen LogP contribution >= 0.6 is 0 Å². The number of hydrogen-bond donors (Lipinski definition) is 2. The highest BCUT2D eigenvalue weighted by atomic mass is 19.3. The molecule has 0 spiro atoms. The van der Waals surface area contributed by atoms with Crippen LogP contribution in [0.5, 0.6) is 5.75 Å². The molecule has 4 nitrogen and oxygen atoms in total. The summed E-state index contributed by atoms with van der Waals surface area (Å²) in [6.45, 7) is 0.951. The molecule has 0 aliphatic carbocycles. The number of carbonyl (C=O) groups excluding carboxylic acids is 1. The van der Waals surface area contributed by atoms with Gasteiger partial charge in [-0.25, -0.2) is 0 Å². The number of alkyl halides is 2. The van der Waals surface area contributed by atoms with E-state index < -0.39 is 6.61 Å². The number of quaternary nitrogens is 1. The molecular weight excluding hydrogens is 338 g/mol. The molecule has 0 saturated heterocycles. The minimum Gasteiger partial charge on any atom is -0.435 e. The Labute approximate surface area is 152 Å². The van der Waals surface area contributed by atoms with E-state index in [-0.39, 0.29) is 11.7 Å². The van der Waals surface area contributed by atoms with Crippen molar-refractivity contribution in [3.8, 4) is 5.75 Å². The van der Waals surface area contributed by atoms with Crippen LogP contribution in [0.2, 0.25) is 0 Å². The van der Waals surface area contributed by atoms with Crippen molar-refractivity contribution in [3.05, 3.63) is 65.2 Å². The van der Waals surface area contributed by atoms with E-state index >= 15 is 0 Å². The number of carbonyl (C=O) groups is 1. The van der Waals surface area contributed by atoms with Crippen LogP contribution in [-0.4, -0.2) is 32.7 Å². The Balaban J connectivity index is 1.70. The first-order chi connectivity index (χ1) is 12.4. The molecule has 0 bridgehead atoms. The van der Waals surface area contributed by atoms with E-state index in [2.05, 4.69) is 29.1 Å². The van der Waals surface area contributed by atoms with Crippen molar-refractivity contribution < 1.29 is 23.2 Å². The van der Waals surface area contributed by atoms with Gasteiger partial charge in [0.05, 0.1) is 7.05 Å². The molecule has 0 aliphatic rings. The Morgan fingerprint density at radius 3 is 2.50 bits per heavy atom. The van der Waals surface area contributed by atoms with Crippen LogP contribution in [0.4, 0.5) is 8.78 Å². The van der Waals surface area contributed by atoms with Crippen molar-refractivity contribution in [2.45, 2.75) is 26.5 Å². The molecule has 1 atom stereocenters. The van der Waals surface area contributed by atoms with E-state index in [1.54, 1.807) is 12.1 Å². The van der Waals surface area contributed by atoms with Gasteiger partial charge >= 0.3 is 6.61 Å². The summed E-state index contributed by atoms with van der Waals surface area (Å²) in [5, 5.41) is 2.90. The predicted octanol–water partition coefficient (Wildman–Crippen LogP) is 1.97. The van der Waals surface area contributed by atoms with Gasteiger partial charge in [0.25, 0.3) is 5.91 Å². The Hall–Kier alpha value is -2.47. The molecule has 2 rings (SSSR count). The van der Waals surface area contributed by atoms with E-state index in [1.807, 2.05) is 19.2 Å². The zero-order valence-corrected chi connectivity index (χ0v) is 15.1. The number of halogens is 2. The summed E-state index contributed by atoms with van der Waals surface area (Å²) >= 11 is 0. The zero-order chi connectivity index (χ0) is 18.9. The predicted molar refractivity (Wildman–Crippen MR) is 96.4 cm³/mol. The van der Waals surface area contributed by atoms with E-state index in [0.29, 0.717) is 19.5 Å². The largest absolute Gasteiger partial charge is 0.435 e. The van der Waals surface area contributed by atoms with Crippen LogP contribution in [0.15, 0.2) is 48.5 Å². The van der Waals surface area contributed by atoms with E-state index in [4.69, 9.17) is 0 Å². The maximum atomic E-state index is 12.1. The van der Waals surface area contributed by atoms with Crippen LogP contribution in [0.1, 0.15) is 16.7 Å². The zero-order valence-electron chi connectivity index (χ0n) is 15.1. The van der Waals surface area contributed by atoms with Gasteiger partial charge in [0.15, 0.2) is 6.54 Å². The molecule has 2 N–H and O–H groups in total. The third kappa shape index (κ3) is 6.80. The SMILES string of the molecule is Cc1ccccc1C[NH+](C)CC(=O)NCCc1ccc(OC(F)F)cc1. The smallest absolute Gasteiger partial charge is 0.387 e. The molecule has 2 aromatic rings. The average molecular weight is 363 g/mol. The van der Waals surface area contributed by atoms with Crippen LogP contribution in [0, 0.1) is 6.92 Å². The van der Waals surface area contributed by atoms with Gasteiger partial charge in [-0.15, -0.1) is 0 Å². The van der Waals surface area contributed by atoms with Crippen molar-refractivity contribution in [1.82, 2.24) is 5.32 Å². The molecule has 140 valence electrons. The van der Waals surface area contributed by atoms with Gasteiger partial charge in [-0.1, -0.05) is 36.4 Å². The van der Waals surface area contributed by atoms with Crippen molar-refractivity contribution in [1.29, 1.82) is 0 Å². The molecular formula is C20H25F2N2O2+. The summed E-state index contributed by atoms with van der Waals surface area (Å²) in [5.41, 5.74) is 3.42. The molecule has 0 fully saturated rings. The fraction of sp³-hybridized carbons (Fsp3) is 0.350. The minimum atomic E-state index is -2.82. The Morgan fingerprint density at radius 2 is 1.85 bits per heavy atom. The second-order valence-corrected chi connectivity index (χ2v) is 6.36. The van der Waals surface area contributed by atoms with Crippen LogP contribution in [0.25, 0.3) is 0 Å². The molecule has 6 heteroatoms. The number of likely N-dealkylation sites (N-methyl/N-ethyl adjacent to an activating group) is 1. The molecule has 26 heavy (non-hydrogen) atoms. The lowest BCUT2D eigenvalue weighted by molar-refractivity contribution is -0.885. The quantitative estimate of drug-likeness (QED) is 0.715. The van der Waals surface area contributed by atoms with E-state index in [9.17, 15) is 13.6 Å². The van der Waals surface area contributed by atoms with Gasteiger partial charge in [-0.2, -0.15) is 8.78 Å². The molecule has 0 heterocycles. The summed E-state index contributed by atoms with van der Waals surface area (Å²) in [6, 6.07) is 14.6. The normalized spacial score (nSPS) is 12.0. The first-order valence-corrected chi connectivity index (χ1v) is 8.60. The minimum absolute atomic E-state index is 0.00580. The van der Waals surface area contributed by atoms with Crippen LogP contribution in [-0.2, 0) is 17.8 Å². The number of amides is 1. The number of ether oxygens (including phenoxy) is 1. The lowest BCUT2D eigenvalue weighted by atomic mass is 10.1. The number of benzene rings is 2. The van der Waals surface area contributed by atoms with Crippen molar-refractivity contribution in [2.24, 2.45) is 0 Å². The van der Waals surface area contributed by atoms with Crippen molar-refractivity contribution >= 4 is 5.91 Å². The number of aryl methyl sites for hydroxylation is 1. The third-order valence-electron chi connectivity index (χ3n) is 4.10. The van der Waals surface area contributed by atoms with Gasteiger partial charge < -0.3 is 15.0 Å². The summed E-state index contributed by atoms with van der Waals surface area (Å²) in [5.74, 6) is 0.128. The summed E-state index contributed by atoms with van der Waals surface area (Å²) in [4.78, 5) is 13.2. The Morgan fingerprint density at radius 1 is 1.15 bits per heavy atom.